The van der Waals surface area contributed by atoms with Crippen LogP contribution in [0, 0.1) is 0 Å². The predicted molar refractivity (Wildman–Crippen MR) is 88.2 cm³/mol. The second-order valence-electron chi connectivity index (χ2n) is 6.43. The van der Waals surface area contributed by atoms with Gasteiger partial charge in [0.05, 0.1) is 0 Å². The number of rotatable bonds is 3. The van der Waals surface area contributed by atoms with E-state index < -0.39 is 5.60 Å². The molecule has 0 unspecified atom stereocenters. The average Bonchev–Trinajstić information content (AvgIpc) is 2.47. The number of carbonyl (C=O) groups excluding carboxylic acids is 1. The molecule has 0 spiro atoms. The molecule has 0 N–H and O–H groups in total. The van der Waals surface area contributed by atoms with Gasteiger partial charge < -0.3 is 14.5 Å². The molecule has 0 bridgehead atoms. The highest BCUT2D eigenvalue weighted by molar-refractivity contribution is 5.68. The molecule has 5 nitrogen and oxygen atoms in total. The Morgan fingerprint density at radius 3 is 2.64 bits per heavy atom. The maximum absolute atomic E-state index is 12.1. The van der Waals surface area contributed by atoms with Gasteiger partial charge in [-0.2, -0.15) is 0 Å². The minimum atomic E-state index is -0.452. The highest BCUT2D eigenvalue weighted by Crippen LogP contribution is 2.20. The van der Waals surface area contributed by atoms with Gasteiger partial charge >= 0.3 is 6.09 Å². The molecular formula is C17H25N3O2. The summed E-state index contributed by atoms with van der Waals surface area (Å²) in [5, 5.41) is 0. The van der Waals surface area contributed by atoms with Crippen molar-refractivity contribution >= 4 is 11.9 Å². The molecule has 0 atom stereocenters. The predicted octanol–water partition coefficient (Wildman–Crippen LogP) is 2.87. The van der Waals surface area contributed by atoms with E-state index in [1.54, 1.807) is 4.90 Å². The smallest absolute Gasteiger partial charge is 0.410 e. The van der Waals surface area contributed by atoms with E-state index in [9.17, 15) is 4.79 Å². The molecule has 1 aliphatic rings. The van der Waals surface area contributed by atoms with Gasteiger partial charge in [-0.1, -0.05) is 12.1 Å². The number of carbonyl (C=O) groups is 1. The second kappa shape index (κ2) is 6.81. The van der Waals surface area contributed by atoms with Gasteiger partial charge in [0, 0.05) is 32.4 Å². The topological polar surface area (TPSA) is 45.7 Å². The Morgan fingerprint density at radius 2 is 2.05 bits per heavy atom. The van der Waals surface area contributed by atoms with E-state index in [0.717, 1.165) is 25.3 Å². The molecule has 1 aromatic rings. The fourth-order valence-electron chi connectivity index (χ4n) is 2.46. The van der Waals surface area contributed by atoms with Crippen LogP contribution in [0.25, 0.3) is 0 Å². The zero-order chi connectivity index (χ0) is 16.2. The SMILES string of the molecule is C=CCc1cccnc1N1CCN(C(=O)OC(C)(C)C)CC1. The molecule has 1 saturated heterocycles. The Labute approximate surface area is 132 Å². The fourth-order valence-corrected chi connectivity index (χ4v) is 2.46. The van der Waals surface area contributed by atoms with Crippen LogP contribution in [0.3, 0.4) is 0 Å². The third-order valence-electron chi connectivity index (χ3n) is 3.46. The Balaban J connectivity index is 1.98. The molecule has 5 heteroatoms. The van der Waals surface area contributed by atoms with Crippen molar-refractivity contribution in [3.63, 3.8) is 0 Å². The molecule has 2 heterocycles. The van der Waals surface area contributed by atoms with Crippen molar-refractivity contribution in [1.82, 2.24) is 9.88 Å². The highest BCUT2D eigenvalue weighted by Gasteiger charge is 2.26. The van der Waals surface area contributed by atoms with E-state index in [2.05, 4.69) is 22.5 Å². The fraction of sp³-hybridized carbons (Fsp3) is 0.529. The van der Waals surface area contributed by atoms with Crippen molar-refractivity contribution in [2.24, 2.45) is 0 Å². The quantitative estimate of drug-likeness (QED) is 0.806. The first-order chi connectivity index (χ1) is 10.4. The van der Waals surface area contributed by atoms with Crippen LogP contribution in [0.1, 0.15) is 26.3 Å². The normalized spacial score (nSPS) is 15.6. The minimum Gasteiger partial charge on any atom is -0.444 e. The third kappa shape index (κ3) is 4.23. The van der Waals surface area contributed by atoms with Crippen LogP contribution >= 0.6 is 0 Å². The van der Waals surface area contributed by atoms with Crippen molar-refractivity contribution in [3.8, 4) is 0 Å². The number of piperazine rings is 1. The summed E-state index contributed by atoms with van der Waals surface area (Å²) in [4.78, 5) is 20.6. The number of allylic oxidation sites excluding steroid dienone is 1. The zero-order valence-electron chi connectivity index (χ0n) is 13.7. The van der Waals surface area contributed by atoms with Crippen LogP contribution in [0.4, 0.5) is 10.6 Å². The number of ether oxygens (including phenoxy) is 1. The first-order valence-electron chi connectivity index (χ1n) is 7.68. The average molecular weight is 303 g/mol. The molecular weight excluding hydrogens is 278 g/mol. The van der Waals surface area contributed by atoms with Gasteiger partial charge in [-0.25, -0.2) is 9.78 Å². The first-order valence-corrected chi connectivity index (χ1v) is 7.68. The molecule has 1 aliphatic heterocycles. The van der Waals surface area contributed by atoms with Gasteiger partial charge in [-0.3, -0.25) is 0 Å². The van der Waals surface area contributed by atoms with E-state index in [-0.39, 0.29) is 6.09 Å². The lowest BCUT2D eigenvalue weighted by molar-refractivity contribution is 0.0240. The van der Waals surface area contributed by atoms with Crippen molar-refractivity contribution in [3.05, 3.63) is 36.5 Å². The van der Waals surface area contributed by atoms with Gasteiger partial charge in [0.15, 0.2) is 0 Å². The number of nitrogens with zero attached hydrogens (tertiary/aromatic N) is 3. The Morgan fingerprint density at radius 1 is 1.36 bits per heavy atom. The molecule has 0 radical (unpaired) electrons. The lowest BCUT2D eigenvalue weighted by atomic mass is 10.1. The summed E-state index contributed by atoms with van der Waals surface area (Å²) in [5.41, 5.74) is 0.718. The highest BCUT2D eigenvalue weighted by atomic mass is 16.6. The Bertz CT molecular complexity index is 529. The number of hydrogen-bond donors (Lipinski definition) is 0. The number of pyridine rings is 1. The third-order valence-corrected chi connectivity index (χ3v) is 3.46. The maximum atomic E-state index is 12.1. The first kappa shape index (κ1) is 16.3. The van der Waals surface area contributed by atoms with Crippen LogP contribution in [0.5, 0.6) is 0 Å². The van der Waals surface area contributed by atoms with Gasteiger partial charge in [0.2, 0.25) is 0 Å². The molecule has 120 valence electrons. The van der Waals surface area contributed by atoms with Crippen LogP contribution < -0.4 is 4.90 Å². The summed E-state index contributed by atoms with van der Waals surface area (Å²) < 4.78 is 5.42. The Kier molecular flexibility index (Phi) is 5.06. The summed E-state index contributed by atoms with van der Waals surface area (Å²) in [7, 11) is 0. The van der Waals surface area contributed by atoms with Crippen LogP contribution in [0.2, 0.25) is 0 Å². The van der Waals surface area contributed by atoms with Gasteiger partial charge in [-0.15, -0.1) is 6.58 Å². The number of anilines is 1. The standard InChI is InChI=1S/C17H25N3O2/c1-5-7-14-8-6-9-18-15(14)19-10-12-20(13-11-19)16(21)22-17(2,3)4/h5-6,8-9H,1,7,10-13H2,2-4H3. The molecule has 0 aliphatic carbocycles. The van der Waals surface area contributed by atoms with E-state index in [4.69, 9.17) is 4.74 Å². The lowest BCUT2D eigenvalue weighted by Gasteiger charge is -2.36. The number of hydrogen-bond acceptors (Lipinski definition) is 4. The molecule has 2 rings (SSSR count). The molecule has 0 saturated carbocycles. The van der Waals surface area contributed by atoms with E-state index in [1.807, 2.05) is 39.1 Å². The van der Waals surface area contributed by atoms with Crippen molar-refractivity contribution in [1.29, 1.82) is 0 Å². The monoisotopic (exact) mass is 303 g/mol. The zero-order valence-corrected chi connectivity index (χ0v) is 13.7. The lowest BCUT2D eigenvalue weighted by Crippen LogP contribution is -2.50. The summed E-state index contributed by atoms with van der Waals surface area (Å²) >= 11 is 0. The summed E-state index contributed by atoms with van der Waals surface area (Å²) in [6.45, 7) is 12.3. The van der Waals surface area contributed by atoms with E-state index >= 15 is 0 Å². The van der Waals surface area contributed by atoms with E-state index in [1.165, 1.54) is 5.56 Å². The van der Waals surface area contributed by atoms with Gasteiger partial charge in [0.25, 0.3) is 0 Å². The molecule has 1 amide bonds. The van der Waals surface area contributed by atoms with Crippen molar-refractivity contribution in [2.45, 2.75) is 32.8 Å². The Hall–Kier alpha value is -2.04. The van der Waals surface area contributed by atoms with Gasteiger partial charge in [0.1, 0.15) is 11.4 Å². The summed E-state index contributed by atoms with van der Waals surface area (Å²) in [6, 6.07) is 4.02. The molecule has 22 heavy (non-hydrogen) atoms. The minimum absolute atomic E-state index is 0.237. The second-order valence-corrected chi connectivity index (χ2v) is 6.43. The number of amides is 1. The van der Waals surface area contributed by atoms with Crippen molar-refractivity contribution < 1.29 is 9.53 Å². The largest absolute Gasteiger partial charge is 0.444 e. The molecule has 1 fully saturated rings. The summed E-state index contributed by atoms with van der Waals surface area (Å²) in [6.07, 6.45) is 4.26. The van der Waals surface area contributed by atoms with Crippen LogP contribution in [0.15, 0.2) is 31.0 Å². The van der Waals surface area contributed by atoms with Crippen LogP contribution in [-0.4, -0.2) is 47.8 Å². The number of aromatic nitrogens is 1. The maximum Gasteiger partial charge on any atom is 0.410 e. The molecule has 1 aromatic heterocycles. The summed E-state index contributed by atoms with van der Waals surface area (Å²) in [5.74, 6) is 0.992. The molecule has 0 aromatic carbocycles. The van der Waals surface area contributed by atoms with Crippen LogP contribution in [-0.2, 0) is 11.2 Å². The van der Waals surface area contributed by atoms with E-state index in [0.29, 0.717) is 13.1 Å². The van der Waals surface area contributed by atoms with Crippen molar-refractivity contribution in [2.75, 3.05) is 31.1 Å². The van der Waals surface area contributed by atoms with Gasteiger partial charge in [-0.05, 0) is 38.8 Å².